The van der Waals surface area contributed by atoms with E-state index in [1.165, 1.54) is 22.3 Å². The number of hydrogen-bond acceptors (Lipinski definition) is 3. The molecule has 1 aromatic heterocycles. The number of benzene rings is 5. The normalized spacial score (nSPS) is 12.0. The molecule has 0 spiro atoms. The zero-order valence-corrected chi connectivity index (χ0v) is 30.2. The first-order chi connectivity index (χ1) is 22.7. The lowest BCUT2D eigenvalue weighted by atomic mass is 9.85. The standard InChI is InChI=1S/C45H47N3/c1-28-11-21-39(30(3)23-28)42-46-41(47-43(48-42)40-22-12-29(2)24-31(40)4)36-26-34(32-13-17-37(18-14-32)44(5,6)7)25-35(27-36)33-15-19-38(20-16-33)45(8,9)10/h11-27H,1-10H3. The second-order valence-corrected chi connectivity index (χ2v) is 15.4. The first-order valence-corrected chi connectivity index (χ1v) is 16.9. The van der Waals surface area contributed by atoms with E-state index in [0.717, 1.165) is 50.1 Å². The maximum Gasteiger partial charge on any atom is 0.164 e. The quantitative estimate of drug-likeness (QED) is 0.190. The van der Waals surface area contributed by atoms with Gasteiger partial charge < -0.3 is 0 Å². The molecule has 0 radical (unpaired) electrons. The fourth-order valence-corrected chi connectivity index (χ4v) is 6.29. The third-order valence-electron chi connectivity index (χ3n) is 9.24. The monoisotopic (exact) mass is 629 g/mol. The number of nitrogens with zero attached hydrogens (tertiary/aromatic N) is 3. The van der Waals surface area contributed by atoms with Crippen molar-refractivity contribution in [3.63, 3.8) is 0 Å². The van der Waals surface area contributed by atoms with E-state index in [-0.39, 0.29) is 10.8 Å². The molecule has 0 saturated heterocycles. The Balaban J connectivity index is 1.58. The van der Waals surface area contributed by atoms with E-state index in [9.17, 15) is 0 Å². The second-order valence-electron chi connectivity index (χ2n) is 15.4. The molecular weight excluding hydrogens is 583 g/mol. The first-order valence-electron chi connectivity index (χ1n) is 16.9. The molecule has 48 heavy (non-hydrogen) atoms. The third kappa shape index (κ3) is 7.01. The summed E-state index contributed by atoms with van der Waals surface area (Å²) in [6.45, 7) is 22.0. The van der Waals surface area contributed by atoms with Crippen LogP contribution in [-0.4, -0.2) is 15.0 Å². The molecule has 1 heterocycles. The van der Waals surface area contributed by atoms with Crippen molar-refractivity contribution in [2.75, 3.05) is 0 Å². The van der Waals surface area contributed by atoms with Crippen LogP contribution in [0.3, 0.4) is 0 Å². The number of aromatic nitrogens is 3. The molecule has 242 valence electrons. The highest BCUT2D eigenvalue weighted by atomic mass is 15.0. The zero-order chi connectivity index (χ0) is 34.4. The molecule has 0 saturated carbocycles. The van der Waals surface area contributed by atoms with Gasteiger partial charge in [0.2, 0.25) is 0 Å². The van der Waals surface area contributed by atoms with Gasteiger partial charge in [0.05, 0.1) is 0 Å². The van der Waals surface area contributed by atoms with E-state index in [1.807, 2.05) is 0 Å². The summed E-state index contributed by atoms with van der Waals surface area (Å²) in [5.74, 6) is 2.03. The van der Waals surface area contributed by atoms with Gasteiger partial charge in [0.1, 0.15) is 0 Å². The van der Waals surface area contributed by atoms with E-state index in [0.29, 0.717) is 17.5 Å². The SMILES string of the molecule is Cc1ccc(-c2nc(-c3cc(-c4ccc(C(C)(C)C)cc4)cc(-c4ccc(C(C)(C)C)cc4)c3)nc(-c3ccc(C)cc3C)n2)c(C)c1. The molecule has 0 aliphatic carbocycles. The van der Waals surface area contributed by atoms with Crippen LogP contribution >= 0.6 is 0 Å². The van der Waals surface area contributed by atoms with Crippen LogP contribution in [0.15, 0.2) is 103 Å². The predicted octanol–water partition coefficient (Wildman–Crippen LogP) is 12.0. The fourth-order valence-electron chi connectivity index (χ4n) is 6.29. The topological polar surface area (TPSA) is 38.7 Å². The van der Waals surface area contributed by atoms with Gasteiger partial charge in [0.25, 0.3) is 0 Å². The maximum absolute atomic E-state index is 5.18. The van der Waals surface area contributed by atoms with Crippen molar-refractivity contribution in [1.82, 2.24) is 15.0 Å². The Morgan fingerprint density at radius 2 is 0.708 bits per heavy atom. The maximum atomic E-state index is 5.18. The molecule has 3 heteroatoms. The van der Waals surface area contributed by atoms with Crippen molar-refractivity contribution in [2.24, 2.45) is 0 Å². The Morgan fingerprint density at radius 1 is 0.354 bits per heavy atom. The molecule has 6 aromatic rings. The van der Waals surface area contributed by atoms with Crippen LogP contribution in [0.5, 0.6) is 0 Å². The molecule has 0 bridgehead atoms. The largest absolute Gasteiger partial charge is 0.208 e. The van der Waals surface area contributed by atoms with Gasteiger partial charge in [-0.15, -0.1) is 0 Å². The summed E-state index contributed by atoms with van der Waals surface area (Å²) >= 11 is 0. The third-order valence-corrected chi connectivity index (χ3v) is 9.24. The minimum absolute atomic E-state index is 0.0836. The summed E-state index contributed by atoms with van der Waals surface area (Å²) in [5, 5.41) is 0. The molecule has 0 amide bonds. The van der Waals surface area contributed by atoms with Crippen molar-refractivity contribution < 1.29 is 0 Å². The van der Waals surface area contributed by atoms with E-state index < -0.39 is 0 Å². The average molecular weight is 630 g/mol. The fraction of sp³-hybridized carbons (Fsp3) is 0.267. The molecule has 0 aliphatic rings. The van der Waals surface area contributed by atoms with Gasteiger partial charge in [-0.3, -0.25) is 0 Å². The summed E-state index contributed by atoms with van der Waals surface area (Å²) < 4.78 is 0. The molecular formula is C45H47N3. The number of hydrogen-bond donors (Lipinski definition) is 0. The molecule has 0 unspecified atom stereocenters. The average Bonchev–Trinajstić information content (AvgIpc) is 3.03. The van der Waals surface area contributed by atoms with Crippen molar-refractivity contribution in [3.05, 3.63) is 137 Å². The number of rotatable bonds is 5. The summed E-state index contributed by atoms with van der Waals surface area (Å²) in [7, 11) is 0. The zero-order valence-electron chi connectivity index (χ0n) is 30.2. The van der Waals surface area contributed by atoms with Gasteiger partial charge in [0, 0.05) is 16.7 Å². The van der Waals surface area contributed by atoms with Crippen LogP contribution < -0.4 is 0 Å². The minimum Gasteiger partial charge on any atom is -0.208 e. The number of aryl methyl sites for hydroxylation is 4. The summed E-state index contributed by atoms with van der Waals surface area (Å²) in [5.41, 5.74) is 15.1. The molecule has 0 N–H and O–H groups in total. The van der Waals surface area contributed by atoms with Crippen LogP contribution in [0.2, 0.25) is 0 Å². The van der Waals surface area contributed by atoms with Crippen molar-refractivity contribution in [3.8, 4) is 56.4 Å². The van der Waals surface area contributed by atoms with Crippen molar-refractivity contribution >= 4 is 0 Å². The highest BCUT2D eigenvalue weighted by molar-refractivity contribution is 5.81. The highest BCUT2D eigenvalue weighted by Crippen LogP contribution is 2.36. The smallest absolute Gasteiger partial charge is 0.164 e. The lowest BCUT2D eigenvalue weighted by Gasteiger charge is -2.20. The van der Waals surface area contributed by atoms with Crippen molar-refractivity contribution in [2.45, 2.75) is 80.1 Å². The Labute approximate surface area is 287 Å². The highest BCUT2D eigenvalue weighted by Gasteiger charge is 2.19. The predicted molar refractivity (Wildman–Crippen MR) is 203 cm³/mol. The first kappa shape index (κ1) is 33.0. The second kappa shape index (κ2) is 12.6. The van der Waals surface area contributed by atoms with Crippen LogP contribution in [0.4, 0.5) is 0 Å². The Kier molecular flexibility index (Phi) is 8.68. The van der Waals surface area contributed by atoms with Gasteiger partial charge in [-0.2, -0.15) is 0 Å². The Bertz CT molecular complexity index is 1960. The molecule has 0 aliphatic heterocycles. The summed E-state index contributed by atoms with van der Waals surface area (Å²) in [4.78, 5) is 15.4. The molecule has 5 aromatic carbocycles. The van der Waals surface area contributed by atoms with E-state index in [1.54, 1.807) is 0 Å². The molecule has 0 atom stereocenters. The lowest BCUT2D eigenvalue weighted by Crippen LogP contribution is -2.10. The van der Waals surface area contributed by atoms with E-state index >= 15 is 0 Å². The van der Waals surface area contributed by atoms with Crippen LogP contribution in [0.1, 0.15) is 74.9 Å². The minimum atomic E-state index is 0.0836. The summed E-state index contributed by atoms with van der Waals surface area (Å²) in [6.07, 6.45) is 0. The summed E-state index contributed by atoms with van der Waals surface area (Å²) in [6, 6.07) is 37.6. The van der Waals surface area contributed by atoms with Gasteiger partial charge in [0.15, 0.2) is 17.5 Å². The van der Waals surface area contributed by atoms with Crippen molar-refractivity contribution in [1.29, 1.82) is 0 Å². The van der Waals surface area contributed by atoms with E-state index in [4.69, 9.17) is 15.0 Å². The van der Waals surface area contributed by atoms with Gasteiger partial charge in [-0.25, -0.2) is 15.0 Å². The Hall–Kier alpha value is -4.89. The Morgan fingerprint density at radius 3 is 1.06 bits per heavy atom. The lowest BCUT2D eigenvalue weighted by molar-refractivity contribution is 0.590. The van der Waals surface area contributed by atoms with E-state index in [2.05, 4.69) is 172 Å². The van der Waals surface area contributed by atoms with Gasteiger partial charge in [-0.1, -0.05) is 138 Å². The van der Waals surface area contributed by atoms with Crippen LogP contribution in [-0.2, 0) is 10.8 Å². The van der Waals surface area contributed by atoms with Gasteiger partial charge in [-0.05, 0) is 101 Å². The molecule has 6 rings (SSSR count). The molecule has 3 nitrogen and oxygen atoms in total. The molecule has 0 fully saturated rings. The van der Waals surface area contributed by atoms with Crippen LogP contribution in [0, 0.1) is 27.7 Å². The van der Waals surface area contributed by atoms with Gasteiger partial charge >= 0.3 is 0 Å². The van der Waals surface area contributed by atoms with Crippen LogP contribution in [0.25, 0.3) is 56.4 Å².